The lowest BCUT2D eigenvalue weighted by molar-refractivity contribution is 0.559. The molecule has 0 saturated heterocycles. The number of hydrogen-bond donors (Lipinski definition) is 1. The molecule has 0 atom stereocenters. The zero-order valence-electron chi connectivity index (χ0n) is 10.1. The van der Waals surface area contributed by atoms with Gasteiger partial charge >= 0.3 is 0 Å². The van der Waals surface area contributed by atoms with Crippen LogP contribution in [0.2, 0.25) is 5.02 Å². The van der Waals surface area contributed by atoms with Gasteiger partial charge in [-0.2, -0.15) is 5.26 Å². The molecule has 1 N–H and O–H groups in total. The highest BCUT2D eigenvalue weighted by molar-refractivity contribution is 6.33. The normalized spacial score (nSPS) is 10.2. The molecule has 0 aromatic heterocycles. The molecular formula is C14H8ClF3N2. The van der Waals surface area contributed by atoms with Crippen LogP contribution >= 0.6 is 11.6 Å². The molecule has 2 aromatic rings. The second-order valence-electron chi connectivity index (χ2n) is 4.01. The van der Waals surface area contributed by atoms with Gasteiger partial charge in [-0.15, -0.1) is 0 Å². The first kappa shape index (κ1) is 14.2. The maximum Gasteiger partial charge on any atom is 0.132 e. The van der Waals surface area contributed by atoms with E-state index in [0.29, 0.717) is 0 Å². The van der Waals surface area contributed by atoms with Crippen molar-refractivity contribution >= 4 is 17.3 Å². The van der Waals surface area contributed by atoms with Crippen molar-refractivity contribution in [3.8, 4) is 6.07 Å². The van der Waals surface area contributed by atoms with Crippen LogP contribution in [0, 0.1) is 28.8 Å². The Morgan fingerprint density at radius 1 is 1.10 bits per heavy atom. The first-order chi connectivity index (χ1) is 9.51. The second kappa shape index (κ2) is 5.85. The van der Waals surface area contributed by atoms with Gasteiger partial charge in [0.15, 0.2) is 0 Å². The number of benzene rings is 2. The predicted molar refractivity (Wildman–Crippen MR) is 69.8 cm³/mol. The molecule has 0 heterocycles. The number of nitriles is 1. The average Bonchev–Trinajstić information content (AvgIpc) is 2.41. The number of nitrogens with zero attached hydrogens (tertiary/aromatic N) is 1. The van der Waals surface area contributed by atoms with Crippen LogP contribution in [-0.4, -0.2) is 0 Å². The van der Waals surface area contributed by atoms with Crippen LogP contribution in [0.5, 0.6) is 0 Å². The minimum Gasteiger partial charge on any atom is -0.379 e. The van der Waals surface area contributed by atoms with E-state index >= 15 is 0 Å². The van der Waals surface area contributed by atoms with Gasteiger partial charge < -0.3 is 5.32 Å². The number of hydrogen-bond acceptors (Lipinski definition) is 2. The summed E-state index contributed by atoms with van der Waals surface area (Å²) in [7, 11) is 0. The molecule has 2 nitrogen and oxygen atoms in total. The molecule has 0 aliphatic heterocycles. The maximum absolute atomic E-state index is 13.6. The van der Waals surface area contributed by atoms with E-state index < -0.39 is 17.5 Å². The third-order valence-corrected chi connectivity index (χ3v) is 2.98. The van der Waals surface area contributed by atoms with Gasteiger partial charge in [-0.3, -0.25) is 0 Å². The summed E-state index contributed by atoms with van der Waals surface area (Å²) in [5, 5.41) is 11.5. The predicted octanol–water partition coefficient (Wildman–Crippen LogP) is 4.24. The minimum absolute atomic E-state index is 0.104. The van der Waals surface area contributed by atoms with Crippen LogP contribution in [0.4, 0.5) is 18.9 Å². The van der Waals surface area contributed by atoms with E-state index in [0.717, 1.165) is 18.2 Å². The van der Waals surface area contributed by atoms with Gasteiger partial charge in [0.25, 0.3) is 0 Å². The highest BCUT2D eigenvalue weighted by atomic mass is 35.5. The Bertz CT molecular complexity index is 672. The summed E-state index contributed by atoms with van der Waals surface area (Å²) >= 11 is 5.83. The van der Waals surface area contributed by atoms with Crippen LogP contribution in [0.1, 0.15) is 11.1 Å². The molecule has 2 rings (SSSR count). The Morgan fingerprint density at radius 3 is 2.35 bits per heavy atom. The van der Waals surface area contributed by atoms with Crippen LogP contribution in [0.15, 0.2) is 30.3 Å². The van der Waals surface area contributed by atoms with Gasteiger partial charge in [-0.25, -0.2) is 13.2 Å². The molecule has 2 aromatic carbocycles. The Kier molecular flexibility index (Phi) is 4.16. The molecular weight excluding hydrogens is 289 g/mol. The van der Waals surface area contributed by atoms with Gasteiger partial charge in [-0.05, 0) is 30.3 Å². The Morgan fingerprint density at radius 2 is 1.75 bits per heavy atom. The highest BCUT2D eigenvalue weighted by Crippen LogP contribution is 2.24. The number of rotatable bonds is 3. The lowest BCUT2D eigenvalue weighted by Gasteiger charge is -2.10. The van der Waals surface area contributed by atoms with Crippen molar-refractivity contribution < 1.29 is 13.2 Å². The zero-order chi connectivity index (χ0) is 14.7. The molecule has 0 bridgehead atoms. The molecule has 0 spiro atoms. The smallest absolute Gasteiger partial charge is 0.132 e. The SMILES string of the molecule is N#Cc1cc(F)c(CNc2cc(F)ccc2Cl)c(F)c1. The molecule has 6 heteroatoms. The van der Waals surface area contributed by atoms with E-state index in [2.05, 4.69) is 5.32 Å². The monoisotopic (exact) mass is 296 g/mol. The lowest BCUT2D eigenvalue weighted by Crippen LogP contribution is -2.06. The molecule has 0 aliphatic carbocycles. The summed E-state index contributed by atoms with van der Waals surface area (Å²) < 4.78 is 40.3. The summed E-state index contributed by atoms with van der Waals surface area (Å²) in [6.07, 6.45) is 0. The fraction of sp³-hybridized carbons (Fsp3) is 0.0714. The van der Waals surface area contributed by atoms with E-state index in [1.165, 1.54) is 12.1 Å². The fourth-order valence-corrected chi connectivity index (χ4v) is 1.84. The number of halogens is 4. The topological polar surface area (TPSA) is 35.8 Å². The van der Waals surface area contributed by atoms with Crippen LogP contribution in [0.25, 0.3) is 0 Å². The van der Waals surface area contributed by atoms with Crippen LogP contribution < -0.4 is 5.32 Å². The quantitative estimate of drug-likeness (QED) is 0.919. The van der Waals surface area contributed by atoms with Crippen molar-refractivity contribution in [3.05, 3.63) is 63.9 Å². The molecule has 0 radical (unpaired) electrons. The Labute approximate surface area is 118 Å². The first-order valence-electron chi connectivity index (χ1n) is 5.58. The first-order valence-corrected chi connectivity index (χ1v) is 5.96. The largest absolute Gasteiger partial charge is 0.379 e. The summed E-state index contributed by atoms with van der Waals surface area (Å²) in [6.45, 7) is -0.216. The number of anilines is 1. The molecule has 0 amide bonds. The lowest BCUT2D eigenvalue weighted by atomic mass is 10.1. The van der Waals surface area contributed by atoms with Gasteiger partial charge in [0, 0.05) is 12.1 Å². The average molecular weight is 297 g/mol. The van der Waals surface area contributed by atoms with Crippen molar-refractivity contribution in [2.75, 3.05) is 5.32 Å². The molecule has 0 fully saturated rings. The van der Waals surface area contributed by atoms with Gasteiger partial charge in [-0.1, -0.05) is 11.6 Å². The van der Waals surface area contributed by atoms with Gasteiger partial charge in [0.05, 0.1) is 22.3 Å². The van der Waals surface area contributed by atoms with E-state index in [1.807, 2.05) is 0 Å². The summed E-state index contributed by atoms with van der Waals surface area (Å²) in [6, 6.07) is 7.17. The van der Waals surface area contributed by atoms with E-state index in [-0.39, 0.29) is 28.4 Å². The molecule has 102 valence electrons. The second-order valence-corrected chi connectivity index (χ2v) is 4.42. The van der Waals surface area contributed by atoms with Crippen molar-refractivity contribution in [1.82, 2.24) is 0 Å². The van der Waals surface area contributed by atoms with Crippen molar-refractivity contribution in [2.24, 2.45) is 0 Å². The third kappa shape index (κ3) is 3.03. The van der Waals surface area contributed by atoms with E-state index in [4.69, 9.17) is 16.9 Å². The molecule has 0 unspecified atom stereocenters. The standard InChI is InChI=1S/C14H8ClF3N2/c15-11-2-1-9(16)5-14(11)20-7-10-12(17)3-8(6-19)4-13(10)18/h1-5,20H,7H2. The van der Waals surface area contributed by atoms with Crippen molar-refractivity contribution in [1.29, 1.82) is 5.26 Å². The molecule has 0 aliphatic rings. The minimum atomic E-state index is -0.846. The van der Waals surface area contributed by atoms with Gasteiger partial charge in [0.1, 0.15) is 17.5 Å². The fourth-order valence-electron chi connectivity index (χ4n) is 1.65. The highest BCUT2D eigenvalue weighted by Gasteiger charge is 2.12. The van der Waals surface area contributed by atoms with Gasteiger partial charge in [0.2, 0.25) is 0 Å². The van der Waals surface area contributed by atoms with Crippen molar-refractivity contribution in [2.45, 2.75) is 6.54 Å². The third-order valence-electron chi connectivity index (χ3n) is 2.65. The van der Waals surface area contributed by atoms with E-state index in [9.17, 15) is 13.2 Å². The van der Waals surface area contributed by atoms with E-state index in [1.54, 1.807) is 6.07 Å². The number of nitrogens with one attached hydrogen (secondary N) is 1. The van der Waals surface area contributed by atoms with Crippen LogP contribution in [0.3, 0.4) is 0 Å². The Balaban J connectivity index is 2.23. The summed E-state index contributed by atoms with van der Waals surface area (Å²) in [5.41, 5.74) is -0.119. The van der Waals surface area contributed by atoms with Crippen molar-refractivity contribution in [3.63, 3.8) is 0 Å². The Hall–Kier alpha value is -2.19. The molecule has 0 saturated carbocycles. The maximum atomic E-state index is 13.6. The zero-order valence-corrected chi connectivity index (χ0v) is 10.8. The van der Waals surface area contributed by atoms with Crippen LogP contribution in [-0.2, 0) is 6.54 Å². The molecule has 20 heavy (non-hydrogen) atoms. The summed E-state index contributed by atoms with van der Waals surface area (Å²) in [5.74, 6) is -2.21. The summed E-state index contributed by atoms with van der Waals surface area (Å²) in [4.78, 5) is 0.